The van der Waals surface area contributed by atoms with Crippen molar-refractivity contribution in [3.63, 3.8) is 0 Å². The maximum Gasteiger partial charge on any atom is 0.233 e. The summed E-state index contributed by atoms with van der Waals surface area (Å²) in [6.07, 6.45) is 0. The van der Waals surface area contributed by atoms with Crippen LogP contribution >= 0.6 is 15.9 Å². The van der Waals surface area contributed by atoms with Crippen LogP contribution in [0, 0.1) is 6.92 Å². The summed E-state index contributed by atoms with van der Waals surface area (Å²) < 4.78 is 26.7. The molecule has 0 saturated heterocycles. The van der Waals surface area contributed by atoms with Crippen molar-refractivity contribution < 1.29 is 8.42 Å². The fraction of sp³-hybridized carbons (Fsp3) is 0.400. The number of anilines is 1. The Morgan fingerprint density at radius 1 is 1.38 bits per heavy atom. The van der Waals surface area contributed by atoms with E-state index in [1.54, 1.807) is 19.2 Å². The lowest BCUT2D eigenvalue weighted by Gasteiger charge is -2.09. The molecule has 0 aliphatic rings. The van der Waals surface area contributed by atoms with E-state index in [1.165, 1.54) is 0 Å². The Bertz CT molecular complexity index is 460. The number of hydrogen-bond donors (Lipinski definition) is 2. The minimum Gasteiger partial charge on any atom is -0.319 e. The first-order valence-electron chi connectivity index (χ1n) is 4.86. The number of sulfonamides is 1. The van der Waals surface area contributed by atoms with E-state index in [1.807, 2.05) is 13.0 Å². The molecule has 6 heteroatoms. The highest BCUT2D eigenvalue weighted by atomic mass is 79.9. The molecule has 0 aromatic heterocycles. The second-order valence-corrected chi connectivity index (χ2v) is 6.18. The third kappa shape index (κ3) is 4.11. The molecule has 0 unspecified atom stereocenters. The first-order chi connectivity index (χ1) is 7.44. The third-order valence-corrected chi connectivity index (χ3v) is 4.23. The fourth-order valence-corrected chi connectivity index (χ4v) is 2.48. The van der Waals surface area contributed by atoms with Gasteiger partial charge in [0.25, 0.3) is 0 Å². The van der Waals surface area contributed by atoms with Crippen LogP contribution in [0.4, 0.5) is 5.69 Å². The van der Waals surface area contributed by atoms with Crippen molar-refractivity contribution in [1.29, 1.82) is 0 Å². The molecule has 1 aromatic rings. The summed E-state index contributed by atoms with van der Waals surface area (Å²) >= 11 is 3.36. The maximum atomic E-state index is 11.6. The van der Waals surface area contributed by atoms with Gasteiger partial charge in [-0.2, -0.15) is 0 Å². The lowest BCUT2D eigenvalue weighted by Crippen LogP contribution is -2.24. The Morgan fingerprint density at radius 2 is 2.06 bits per heavy atom. The molecule has 90 valence electrons. The number of rotatable bonds is 5. The number of halogens is 1. The zero-order chi connectivity index (χ0) is 12.2. The number of hydrogen-bond acceptors (Lipinski definition) is 3. The van der Waals surface area contributed by atoms with Crippen molar-refractivity contribution in [2.24, 2.45) is 0 Å². The van der Waals surface area contributed by atoms with Crippen LogP contribution in [0.15, 0.2) is 22.7 Å². The van der Waals surface area contributed by atoms with E-state index >= 15 is 0 Å². The van der Waals surface area contributed by atoms with E-state index in [0.29, 0.717) is 12.2 Å². The van der Waals surface area contributed by atoms with Gasteiger partial charge in [-0.1, -0.05) is 15.9 Å². The topological polar surface area (TPSA) is 58.2 Å². The molecular weight excluding hydrogens is 292 g/mol. The minimum absolute atomic E-state index is 0.0681. The van der Waals surface area contributed by atoms with Gasteiger partial charge in [0.1, 0.15) is 0 Å². The Labute approximate surface area is 105 Å². The molecule has 0 radical (unpaired) electrons. The van der Waals surface area contributed by atoms with Crippen molar-refractivity contribution in [3.05, 3.63) is 28.2 Å². The molecule has 0 atom stereocenters. The summed E-state index contributed by atoms with van der Waals surface area (Å²) in [6, 6.07) is 5.35. The lowest BCUT2D eigenvalue weighted by molar-refractivity contribution is 0.599. The average molecular weight is 307 g/mol. The SMILES string of the molecule is CNCCS(=O)(=O)Nc1ccc(Br)c(C)c1. The highest BCUT2D eigenvalue weighted by Gasteiger charge is 2.09. The average Bonchev–Trinajstić information content (AvgIpc) is 2.20. The van der Waals surface area contributed by atoms with Crippen molar-refractivity contribution in [2.45, 2.75) is 6.92 Å². The molecule has 0 aliphatic heterocycles. The van der Waals surface area contributed by atoms with Crippen LogP contribution < -0.4 is 10.0 Å². The molecule has 0 heterocycles. The smallest absolute Gasteiger partial charge is 0.233 e. The number of benzene rings is 1. The van der Waals surface area contributed by atoms with E-state index in [4.69, 9.17) is 0 Å². The van der Waals surface area contributed by atoms with E-state index in [9.17, 15) is 8.42 Å². The standard InChI is InChI=1S/C10H15BrN2O2S/c1-8-7-9(3-4-10(8)11)13-16(14,15)6-5-12-2/h3-4,7,12-13H,5-6H2,1-2H3. The number of nitrogens with one attached hydrogen (secondary N) is 2. The van der Waals surface area contributed by atoms with Crippen LogP contribution in [0.1, 0.15) is 5.56 Å². The maximum absolute atomic E-state index is 11.6. The first-order valence-corrected chi connectivity index (χ1v) is 7.30. The zero-order valence-electron chi connectivity index (χ0n) is 9.25. The van der Waals surface area contributed by atoms with Gasteiger partial charge in [0.15, 0.2) is 0 Å². The second kappa shape index (κ2) is 5.65. The van der Waals surface area contributed by atoms with Crippen LogP contribution in [0.2, 0.25) is 0 Å². The van der Waals surface area contributed by atoms with Gasteiger partial charge in [0.05, 0.1) is 5.75 Å². The summed E-state index contributed by atoms with van der Waals surface area (Å²) in [5, 5.41) is 2.80. The molecule has 4 nitrogen and oxygen atoms in total. The Kier molecular flexibility index (Phi) is 4.76. The third-order valence-electron chi connectivity index (χ3n) is 2.05. The van der Waals surface area contributed by atoms with Crippen molar-refractivity contribution in [3.8, 4) is 0 Å². The van der Waals surface area contributed by atoms with Gasteiger partial charge in [-0.3, -0.25) is 4.72 Å². The molecule has 0 spiro atoms. The Hall–Kier alpha value is -0.590. The Balaban J connectivity index is 2.76. The van der Waals surface area contributed by atoms with E-state index in [0.717, 1.165) is 10.0 Å². The van der Waals surface area contributed by atoms with Gasteiger partial charge < -0.3 is 5.32 Å². The Morgan fingerprint density at radius 3 is 2.62 bits per heavy atom. The molecule has 0 saturated carbocycles. The van der Waals surface area contributed by atoms with Gasteiger partial charge in [-0.15, -0.1) is 0 Å². The van der Waals surface area contributed by atoms with E-state index < -0.39 is 10.0 Å². The van der Waals surface area contributed by atoms with Crippen molar-refractivity contribution in [2.75, 3.05) is 24.1 Å². The molecular formula is C10H15BrN2O2S. The van der Waals surface area contributed by atoms with Crippen LogP contribution in [0.3, 0.4) is 0 Å². The molecule has 0 amide bonds. The predicted octanol–water partition coefficient (Wildman–Crippen LogP) is 1.72. The molecule has 0 aliphatic carbocycles. The highest BCUT2D eigenvalue weighted by Crippen LogP contribution is 2.20. The molecule has 2 N–H and O–H groups in total. The molecule has 16 heavy (non-hydrogen) atoms. The van der Waals surface area contributed by atoms with Gasteiger partial charge in [-0.25, -0.2) is 8.42 Å². The molecule has 1 aromatic carbocycles. The first kappa shape index (κ1) is 13.5. The fourth-order valence-electron chi connectivity index (χ4n) is 1.18. The van der Waals surface area contributed by atoms with E-state index in [-0.39, 0.29) is 5.75 Å². The monoisotopic (exact) mass is 306 g/mol. The second-order valence-electron chi connectivity index (χ2n) is 3.49. The van der Waals surface area contributed by atoms with Crippen molar-refractivity contribution >= 4 is 31.6 Å². The predicted molar refractivity (Wildman–Crippen MR) is 70.2 cm³/mol. The summed E-state index contributed by atoms with van der Waals surface area (Å²) in [4.78, 5) is 0. The quantitative estimate of drug-likeness (QED) is 0.871. The van der Waals surface area contributed by atoms with Gasteiger partial charge in [-0.05, 0) is 37.7 Å². The molecule has 1 rings (SSSR count). The lowest BCUT2D eigenvalue weighted by atomic mass is 10.2. The van der Waals surface area contributed by atoms with Crippen LogP contribution in [-0.2, 0) is 10.0 Å². The van der Waals surface area contributed by atoms with Crippen LogP contribution in [-0.4, -0.2) is 27.8 Å². The summed E-state index contributed by atoms with van der Waals surface area (Å²) in [5.41, 5.74) is 1.59. The van der Waals surface area contributed by atoms with Gasteiger partial charge in [0, 0.05) is 16.7 Å². The molecule has 0 fully saturated rings. The van der Waals surface area contributed by atoms with Crippen LogP contribution in [0.5, 0.6) is 0 Å². The zero-order valence-corrected chi connectivity index (χ0v) is 11.7. The highest BCUT2D eigenvalue weighted by molar-refractivity contribution is 9.10. The largest absolute Gasteiger partial charge is 0.319 e. The summed E-state index contributed by atoms with van der Waals surface area (Å²) in [5.74, 6) is 0.0681. The van der Waals surface area contributed by atoms with Gasteiger partial charge in [0.2, 0.25) is 10.0 Å². The van der Waals surface area contributed by atoms with Crippen LogP contribution in [0.25, 0.3) is 0 Å². The van der Waals surface area contributed by atoms with E-state index in [2.05, 4.69) is 26.0 Å². The molecule has 0 bridgehead atoms. The van der Waals surface area contributed by atoms with Gasteiger partial charge >= 0.3 is 0 Å². The minimum atomic E-state index is -3.25. The normalized spacial score (nSPS) is 11.4. The number of aryl methyl sites for hydroxylation is 1. The van der Waals surface area contributed by atoms with Crippen molar-refractivity contribution in [1.82, 2.24) is 5.32 Å². The summed E-state index contributed by atoms with van der Waals surface area (Å²) in [6.45, 7) is 2.35. The summed E-state index contributed by atoms with van der Waals surface area (Å²) in [7, 11) is -1.53.